The lowest BCUT2D eigenvalue weighted by molar-refractivity contribution is 0.254. The predicted molar refractivity (Wildman–Crippen MR) is 179 cm³/mol. The molecule has 0 bridgehead atoms. The summed E-state index contributed by atoms with van der Waals surface area (Å²) in [6, 6.07) is 15.0. The highest BCUT2D eigenvalue weighted by Crippen LogP contribution is 2.60. The average Bonchev–Trinajstić information content (AvgIpc) is 3.74. The zero-order valence-corrected chi connectivity index (χ0v) is 24.8. The van der Waals surface area contributed by atoms with Gasteiger partial charge in [-0.05, 0) is 77.7 Å². The molecule has 0 saturated carbocycles. The minimum Gasteiger partial charge on any atom is -0.455 e. The first-order chi connectivity index (χ1) is 21.3. The van der Waals surface area contributed by atoms with Gasteiger partial charge in [0.2, 0.25) is 0 Å². The largest absolute Gasteiger partial charge is 0.455 e. The molecule has 10 rings (SSSR count). The van der Waals surface area contributed by atoms with Crippen molar-refractivity contribution >= 4 is 39.3 Å². The molecule has 1 saturated heterocycles. The van der Waals surface area contributed by atoms with Gasteiger partial charge in [-0.25, -0.2) is 0 Å². The van der Waals surface area contributed by atoms with Crippen LogP contribution in [0.5, 0.6) is 0 Å². The lowest BCUT2D eigenvalue weighted by Gasteiger charge is -2.42. The molecule has 5 aliphatic carbocycles. The normalized spacial score (nSPS) is 31.8. The molecule has 1 fully saturated rings. The minimum absolute atomic E-state index is 0.439. The average molecular weight is 576 g/mol. The van der Waals surface area contributed by atoms with Gasteiger partial charge >= 0.3 is 0 Å². The summed E-state index contributed by atoms with van der Waals surface area (Å²) >= 11 is 2.12. The van der Waals surface area contributed by atoms with Crippen molar-refractivity contribution in [1.82, 2.24) is 4.90 Å². The highest BCUT2D eigenvalue weighted by molar-refractivity contribution is 8.04. The van der Waals surface area contributed by atoms with Gasteiger partial charge in [0.1, 0.15) is 11.2 Å². The standard InChI is InChI=1S/C40H33NOS/c1-4-13-34-27(8-1)30-21-20-29-31(22-23-37-38(29)33-10-3-6-15-36(33)43-37)39(30)41(34)25-18-16-24(17-19-25)26-11-7-12-32-28-9-2-5-14-35(28)42-40(26)32/h1-7,9,11-16,18,20-23,27,29,31,33,37-38H,8,10,17,19H2. The van der Waals surface area contributed by atoms with E-state index in [9.17, 15) is 0 Å². The third kappa shape index (κ3) is 3.49. The molecule has 2 aliphatic heterocycles. The first kappa shape index (κ1) is 24.5. The summed E-state index contributed by atoms with van der Waals surface area (Å²) < 4.78 is 6.41. The first-order valence-electron chi connectivity index (χ1n) is 15.9. The van der Waals surface area contributed by atoms with Gasteiger partial charge in [0.25, 0.3) is 0 Å². The van der Waals surface area contributed by atoms with Crippen LogP contribution in [0.25, 0.3) is 27.5 Å². The third-order valence-corrected chi connectivity index (χ3v) is 12.4. The van der Waals surface area contributed by atoms with Gasteiger partial charge in [-0.1, -0.05) is 97.2 Å². The van der Waals surface area contributed by atoms with E-state index in [0.29, 0.717) is 34.8 Å². The van der Waals surface area contributed by atoms with Crippen molar-refractivity contribution in [3.8, 4) is 0 Å². The van der Waals surface area contributed by atoms with Gasteiger partial charge in [-0.2, -0.15) is 0 Å². The molecule has 2 nitrogen and oxygen atoms in total. The molecule has 3 aromatic rings. The number of fused-ring (bicyclic) bond motifs is 11. The molecule has 0 radical (unpaired) electrons. The fourth-order valence-electron chi connectivity index (χ4n) is 9.04. The van der Waals surface area contributed by atoms with E-state index in [1.165, 1.54) is 39.7 Å². The van der Waals surface area contributed by atoms with Crippen molar-refractivity contribution in [1.29, 1.82) is 0 Å². The monoisotopic (exact) mass is 575 g/mol. The van der Waals surface area contributed by atoms with Gasteiger partial charge < -0.3 is 9.32 Å². The smallest absolute Gasteiger partial charge is 0.142 e. The van der Waals surface area contributed by atoms with Gasteiger partial charge in [0.05, 0.1) is 0 Å². The maximum atomic E-state index is 6.41. The zero-order chi connectivity index (χ0) is 28.1. The number of hydrogen-bond acceptors (Lipinski definition) is 3. The Hall–Kier alpha value is -3.95. The fraction of sp³-hybridized carbons (Fsp3) is 0.250. The Kier molecular flexibility index (Phi) is 5.28. The van der Waals surface area contributed by atoms with Crippen LogP contribution < -0.4 is 0 Å². The second kappa shape index (κ2) is 9.27. The number of allylic oxidation sites excluding steroid dienone is 15. The summed E-state index contributed by atoms with van der Waals surface area (Å²) in [5, 5.41) is 3.00. The summed E-state index contributed by atoms with van der Waals surface area (Å²) in [4.78, 5) is 4.30. The van der Waals surface area contributed by atoms with Crippen LogP contribution in [-0.2, 0) is 0 Å². The van der Waals surface area contributed by atoms with E-state index in [0.717, 1.165) is 30.4 Å². The van der Waals surface area contributed by atoms with Gasteiger partial charge in [-0.15, -0.1) is 11.8 Å². The van der Waals surface area contributed by atoms with Crippen molar-refractivity contribution < 1.29 is 4.42 Å². The summed E-state index contributed by atoms with van der Waals surface area (Å²) in [6.45, 7) is 0. The van der Waals surface area contributed by atoms with Crippen LogP contribution in [-0.4, -0.2) is 10.1 Å². The predicted octanol–water partition coefficient (Wildman–Crippen LogP) is 10.2. The SMILES string of the molecule is C1=CCC2C(=C1)N(C1=CC=C(c3cccc4c3oc3ccccc34)CC1)C1=C2C=CC2C1C=CC1SC3=CC=CCC3C12. The van der Waals surface area contributed by atoms with E-state index < -0.39 is 0 Å². The van der Waals surface area contributed by atoms with Gasteiger partial charge in [0.15, 0.2) is 0 Å². The van der Waals surface area contributed by atoms with Crippen molar-refractivity contribution in [2.75, 3.05) is 0 Å². The molecule has 1 aromatic heterocycles. The molecule has 3 heterocycles. The fourth-order valence-corrected chi connectivity index (χ4v) is 10.6. The minimum atomic E-state index is 0.439. The number of hydrogen-bond donors (Lipinski definition) is 0. The maximum Gasteiger partial charge on any atom is 0.142 e. The Balaban J connectivity index is 1.05. The Labute approximate surface area is 256 Å². The molecule has 2 aromatic carbocycles. The van der Waals surface area contributed by atoms with E-state index in [1.54, 1.807) is 16.2 Å². The first-order valence-corrected chi connectivity index (χ1v) is 16.8. The number of rotatable bonds is 2. The van der Waals surface area contributed by atoms with Crippen LogP contribution in [0.3, 0.4) is 0 Å². The van der Waals surface area contributed by atoms with E-state index in [1.807, 2.05) is 0 Å². The van der Waals surface area contributed by atoms with E-state index in [-0.39, 0.29) is 0 Å². The van der Waals surface area contributed by atoms with Crippen molar-refractivity contribution in [3.05, 3.63) is 149 Å². The van der Waals surface area contributed by atoms with Crippen molar-refractivity contribution in [3.63, 3.8) is 0 Å². The topological polar surface area (TPSA) is 16.4 Å². The lowest BCUT2D eigenvalue weighted by atomic mass is 9.65. The van der Waals surface area contributed by atoms with Crippen LogP contribution in [0.1, 0.15) is 31.2 Å². The van der Waals surface area contributed by atoms with Crippen LogP contribution in [0.4, 0.5) is 0 Å². The highest BCUT2D eigenvalue weighted by Gasteiger charge is 2.51. The molecular formula is C40H33NOS. The van der Waals surface area contributed by atoms with E-state index in [2.05, 4.69) is 132 Å². The second-order valence-corrected chi connectivity index (χ2v) is 14.2. The molecule has 6 atom stereocenters. The molecule has 210 valence electrons. The Morgan fingerprint density at radius 2 is 1.72 bits per heavy atom. The van der Waals surface area contributed by atoms with Crippen LogP contribution in [0.15, 0.2) is 147 Å². The van der Waals surface area contributed by atoms with Gasteiger partial charge in [-0.3, -0.25) is 0 Å². The molecule has 0 N–H and O–H groups in total. The highest BCUT2D eigenvalue weighted by atomic mass is 32.2. The summed E-state index contributed by atoms with van der Waals surface area (Å²) in [5.74, 6) is 2.80. The molecule has 0 spiro atoms. The van der Waals surface area contributed by atoms with E-state index in [4.69, 9.17) is 4.42 Å². The molecule has 7 aliphatic rings. The number of furan rings is 1. The summed E-state index contributed by atoms with van der Waals surface area (Å²) in [5.41, 5.74) is 10.6. The second-order valence-electron chi connectivity index (χ2n) is 13.0. The quantitative estimate of drug-likeness (QED) is 0.283. The Morgan fingerprint density at radius 3 is 2.67 bits per heavy atom. The van der Waals surface area contributed by atoms with E-state index >= 15 is 0 Å². The maximum absolute atomic E-state index is 6.41. The van der Waals surface area contributed by atoms with Crippen LogP contribution in [0, 0.1) is 29.6 Å². The van der Waals surface area contributed by atoms with Crippen molar-refractivity contribution in [2.45, 2.75) is 30.9 Å². The number of thioether (sulfide) groups is 1. The number of benzene rings is 2. The molecule has 43 heavy (non-hydrogen) atoms. The zero-order valence-electron chi connectivity index (χ0n) is 24.0. The molecular weight excluding hydrogens is 543 g/mol. The molecule has 3 heteroatoms. The summed E-state index contributed by atoms with van der Waals surface area (Å²) in [7, 11) is 0. The van der Waals surface area contributed by atoms with Gasteiger partial charge in [0, 0.05) is 50.5 Å². The third-order valence-electron chi connectivity index (χ3n) is 10.9. The lowest BCUT2D eigenvalue weighted by Crippen LogP contribution is -2.38. The Bertz CT molecular complexity index is 2000. The number of para-hydroxylation sites is 2. The summed E-state index contributed by atoms with van der Waals surface area (Å²) in [6.07, 6.45) is 33.4. The number of nitrogens with zero attached hydrogens (tertiary/aromatic N) is 1. The van der Waals surface area contributed by atoms with Crippen LogP contribution >= 0.6 is 11.8 Å². The van der Waals surface area contributed by atoms with Crippen LogP contribution in [0.2, 0.25) is 0 Å². The molecule has 0 amide bonds. The Morgan fingerprint density at radius 1 is 0.814 bits per heavy atom. The molecule has 6 unspecified atom stereocenters. The van der Waals surface area contributed by atoms with Crippen molar-refractivity contribution in [2.24, 2.45) is 29.6 Å².